The quantitative estimate of drug-likeness (QED) is 0.865. The Morgan fingerprint density at radius 1 is 1.50 bits per heavy atom. The van der Waals surface area contributed by atoms with E-state index < -0.39 is 0 Å². The molecule has 20 heavy (non-hydrogen) atoms. The van der Waals surface area contributed by atoms with E-state index in [0.717, 1.165) is 35.7 Å². The van der Waals surface area contributed by atoms with Gasteiger partial charge in [-0.2, -0.15) is 11.8 Å². The zero-order chi connectivity index (χ0) is 14.4. The van der Waals surface area contributed by atoms with Crippen molar-refractivity contribution >= 4 is 11.8 Å². The van der Waals surface area contributed by atoms with Crippen LogP contribution in [-0.2, 0) is 10.5 Å². The molecular formula is C16H20O3S. The van der Waals surface area contributed by atoms with Crippen LogP contribution in [0.2, 0.25) is 0 Å². The van der Waals surface area contributed by atoms with Crippen LogP contribution in [0.1, 0.15) is 24.5 Å². The molecule has 1 fully saturated rings. The molecule has 1 N–H and O–H groups in total. The molecule has 0 spiro atoms. The molecule has 4 heteroatoms. The average Bonchev–Trinajstić information content (AvgIpc) is 2.88. The van der Waals surface area contributed by atoms with E-state index in [-0.39, 0.29) is 6.61 Å². The van der Waals surface area contributed by atoms with Crippen molar-refractivity contribution in [1.82, 2.24) is 0 Å². The van der Waals surface area contributed by atoms with Crippen molar-refractivity contribution in [3.8, 4) is 17.6 Å². The molecule has 2 rings (SSSR count). The summed E-state index contributed by atoms with van der Waals surface area (Å²) in [6.07, 6.45) is 1.43. The highest BCUT2D eigenvalue weighted by atomic mass is 32.2. The highest BCUT2D eigenvalue weighted by molar-refractivity contribution is 7.99. The van der Waals surface area contributed by atoms with E-state index in [1.54, 1.807) is 7.11 Å². The van der Waals surface area contributed by atoms with Crippen molar-refractivity contribution in [2.24, 2.45) is 0 Å². The van der Waals surface area contributed by atoms with Crippen molar-refractivity contribution in [3.63, 3.8) is 0 Å². The number of aliphatic hydroxyl groups is 1. The Hall–Kier alpha value is -1.15. The third-order valence-corrected chi connectivity index (χ3v) is 4.88. The highest BCUT2D eigenvalue weighted by Crippen LogP contribution is 2.32. The van der Waals surface area contributed by atoms with E-state index in [1.165, 1.54) is 0 Å². The van der Waals surface area contributed by atoms with E-state index in [4.69, 9.17) is 14.6 Å². The predicted molar refractivity (Wildman–Crippen MR) is 82.1 cm³/mol. The molecule has 108 valence electrons. The maximum Gasteiger partial charge on any atom is 0.122 e. The van der Waals surface area contributed by atoms with E-state index in [0.29, 0.717) is 11.4 Å². The van der Waals surface area contributed by atoms with Crippen LogP contribution in [-0.4, -0.2) is 36.8 Å². The summed E-state index contributed by atoms with van der Waals surface area (Å²) in [7, 11) is 1.68. The monoisotopic (exact) mass is 292 g/mol. The molecule has 0 radical (unpaired) electrons. The first-order chi connectivity index (χ1) is 9.74. The lowest BCUT2D eigenvalue weighted by Gasteiger charge is -2.15. The van der Waals surface area contributed by atoms with Gasteiger partial charge in [-0.1, -0.05) is 11.8 Å². The predicted octanol–water partition coefficient (Wildman–Crippen LogP) is 2.45. The zero-order valence-electron chi connectivity index (χ0n) is 11.9. The number of rotatable bonds is 4. The van der Waals surface area contributed by atoms with Gasteiger partial charge >= 0.3 is 0 Å². The Morgan fingerprint density at radius 2 is 2.35 bits per heavy atom. The number of methoxy groups -OCH3 is 1. The van der Waals surface area contributed by atoms with E-state index in [9.17, 15) is 0 Å². The van der Waals surface area contributed by atoms with Crippen LogP contribution in [0.3, 0.4) is 0 Å². The molecule has 2 unspecified atom stereocenters. The fourth-order valence-corrected chi connectivity index (χ4v) is 3.47. The van der Waals surface area contributed by atoms with Crippen LogP contribution in [0.5, 0.6) is 5.75 Å². The molecule has 0 aliphatic carbocycles. The van der Waals surface area contributed by atoms with E-state index in [1.807, 2.05) is 30.0 Å². The van der Waals surface area contributed by atoms with Gasteiger partial charge in [0.15, 0.2) is 0 Å². The van der Waals surface area contributed by atoms with Gasteiger partial charge in [0.05, 0.1) is 13.2 Å². The first-order valence-electron chi connectivity index (χ1n) is 6.74. The minimum atomic E-state index is -0.118. The van der Waals surface area contributed by atoms with Gasteiger partial charge in [-0.25, -0.2) is 0 Å². The van der Waals surface area contributed by atoms with Gasteiger partial charge in [0, 0.05) is 28.7 Å². The third-order valence-electron chi connectivity index (χ3n) is 3.35. The number of hydrogen-bond acceptors (Lipinski definition) is 4. The van der Waals surface area contributed by atoms with Gasteiger partial charge in [0.2, 0.25) is 0 Å². The lowest BCUT2D eigenvalue weighted by Crippen LogP contribution is -2.13. The van der Waals surface area contributed by atoms with Gasteiger partial charge in [-0.3, -0.25) is 0 Å². The maximum absolute atomic E-state index is 8.76. The first kappa shape index (κ1) is 15.2. The fourth-order valence-electron chi connectivity index (χ4n) is 2.24. The third kappa shape index (κ3) is 3.92. The molecule has 1 saturated heterocycles. The number of benzene rings is 1. The minimum absolute atomic E-state index is 0.118. The number of hydrogen-bond donors (Lipinski definition) is 1. The molecule has 0 aromatic heterocycles. The Kier molecular flexibility index (Phi) is 5.78. The minimum Gasteiger partial charge on any atom is -0.496 e. The fraction of sp³-hybridized carbons (Fsp3) is 0.500. The van der Waals surface area contributed by atoms with Gasteiger partial charge in [0.25, 0.3) is 0 Å². The lowest BCUT2D eigenvalue weighted by molar-refractivity contribution is 0.127. The summed E-state index contributed by atoms with van der Waals surface area (Å²) in [5.41, 5.74) is 2.05. The molecule has 1 heterocycles. The standard InChI is InChI=1S/C16H20O3S/c1-12-16(7-9-19-12)20-11-14-10-13(4-3-8-17)5-6-15(14)18-2/h5-6,10,12,16-17H,7-9,11H2,1-2H3. The van der Waals surface area contributed by atoms with Crippen LogP contribution in [0.25, 0.3) is 0 Å². The van der Waals surface area contributed by atoms with Crippen molar-refractivity contribution in [2.75, 3.05) is 20.3 Å². The number of thioether (sulfide) groups is 1. The summed E-state index contributed by atoms with van der Waals surface area (Å²) >= 11 is 1.90. The van der Waals surface area contributed by atoms with Gasteiger partial charge < -0.3 is 14.6 Å². The summed E-state index contributed by atoms with van der Waals surface area (Å²) in [5, 5.41) is 9.31. The number of aliphatic hydroxyl groups excluding tert-OH is 1. The summed E-state index contributed by atoms with van der Waals surface area (Å²) in [6.45, 7) is 2.87. The molecule has 1 aliphatic heterocycles. The van der Waals surface area contributed by atoms with Gasteiger partial charge in [0.1, 0.15) is 12.4 Å². The van der Waals surface area contributed by atoms with Crippen LogP contribution >= 0.6 is 11.8 Å². The largest absolute Gasteiger partial charge is 0.496 e. The Morgan fingerprint density at radius 3 is 3.00 bits per heavy atom. The van der Waals surface area contributed by atoms with Crippen LogP contribution in [0, 0.1) is 11.8 Å². The normalized spacial score (nSPS) is 21.4. The smallest absolute Gasteiger partial charge is 0.122 e. The molecule has 3 nitrogen and oxygen atoms in total. The average molecular weight is 292 g/mol. The Labute approximate surface area is 124 Å². The molecule has 1 aliphatic rings. The van der Waals surface area contributed by atoms with E-state index >= 15 is 0 Å². The Balaban J connectivity index is 2.07. The molecular weight excluding hydrogens is 272 g/mol. The number of ether oxygens (including phenoxy) is 2. The molecule has 0 amide bonds. The summed E-state index contributed by atoms with van der Waals surface area (Å²) in [4.78, 5) is 0. The molecule has 1 aromatic carbocycles. The van der Waals surface area contributed by atoms with Crippen molar-refractivity contribution in [1.29, 1.82) is 0 Å². The van der Waals surface area contributed by atoms with Crippen molar-refractivity contribution < 1.29 is 14.6 Å². The highest BCUT2D eigenvalue weighted by Gasteiger charge is 2.24. The van der Waals surface area contributed by atoms with Gasteiger partial charge in [-0.15, -0.1) is 0 Å². The van der Waals surface area contributed by atoms with Crippen LogP contribution < -0.4 is 4.74 Å². The summed E-state index contributed by atoms with van der Waals surface area (Å²) in [5.74, 6) is 7.38. The molecule has 2 atom stereocenters. The second-order valence-electron chi connectivity index (χ2n) is 4.70. The molecule has 1 aromatic rings. The van der Waals surface area contributed by atoms with Crippen molar-refractivity contribution in [2.45, 2.75) is 30.5 Å². The summed E-state index contributed by atoms with van der Waals surface area (Å²) in [6, 6.07) is 5.89. The lowest BCUT2D eigenvalue weighted by atomic mass is 10.1. The maximum atomic E-state index is 8.76. The molecule has 0 saturated carbocycles. The second-order valence-corrected chi connectivity index (χ2v) is 5.93. The molecule has 0 bridgehead atoms. The van der Waals surface area contributed by atoms with Gasteiger partial charge in [-0.05, 0) is 31.5 Å². The Bertz CT molecular complexity index is 504. The first-order valence-corrected chi connectivity index (χ1v) is 7.79. The summed E-state index contributed by atoms with van der Waals surface area (Å²) < 4.78 is 11.0. The van der Waals surface area contributed by atoms with Crippen LogP contribution in [0.4, 0.5) is 0 Å². The van der Waals surface area contributed by atoms with Crippen LogP contribution in [0.15, 0.2) is 18.2 Å². The van der Waals surface area contributed by atoms with E-state index in [2.05, 4.69) is 18.8 Å². The topological polar surface area (TPSA) is 38.7 Å². The second kappa shape index (κ2) is 7.58. The van der Waals surface area contributed by atoms with Crippen molar-refractivity contribution in [3.05, 3.63) is 29.3 Å². The zero-order valence-corrected chi connectivity index (χ0v) is 12.7. The SMILES string of the molecule is COc1ccc(C#CCO)cc1CSC1CCOC1C.